The van der Waals surface area contributed by atoms with E-state index in [1.807, 2.05) is 6.92 Å². The van der Waals surface area contributed by atoms with Crippen LogP contribution in [0.15, 0.2) is 18.5 Å². The van der Waals surface area contributed by atoms with E-state index >= 15 is 0 Å². The molecule has 4 heteroatoms. The van der Waals surface area contributed by atoms with Gasteiger partial charge in [0.25, 0.3) is 0 Å². The molecule has 0 bridgehead atoms. The summed E-state index contributed by atoms with van der Waals surface area (Å²) >= 11 is 0. The molecule has 1 aromatic rings. The van der Waals surface area contributed by atoms with Crippen LogP contribution in [-0.2, 0) is 6.42 Å². The van der Waals surface area contributed by atoms with Gasteiger partial charge < -0.3 is 10.3 Å². The Morgan fingerprint density at radius 2 is 2.42 bits per heavy atom. The first-order valence-corrected chi connectivity index (χ1v) is 3.60. The molecule has 1 N–H and O–H groups in total. The fraction of sp³-hybridized carbons (Fsp3) is 0.250. The number of aromatic carboxylic acids is 1. The second kappa shape index (κ2) is 3.21. The molecule has 64 valence electrons. The van der Waals surface area contributed by atoms with Gasteiger partial charge in [0.05, 0.1) is 0 Å². The Kier molecular flexibility index (Phi) is 2.28. The molecule has 1 heterocycles. The first-order valence-electron chi connectivity index (χ1n) is 3.60. The van der Waals surface area contributed by atoms with Crippen LogP contribution in [0, 0.1) is 5.21 Å². The minimum Gasteiger partial charge on any atom is -0.619 e. The molecule has 0 atom stereocenters. The van der Waals surface area contributed by atoms with Crippen LogP contribution in [0.2, 0.25) is 0 Å². The SMILES string of the molecule is CCc1cc[n+]([O-])cc1C(=O)O. The maximum Gasteiger partial charge on any atom is 0.342 e. The van der Waals surface area contributed by atoms with Gasteiger partial charge >= 0.3 is 5.97 Å². The summed E-state index contributed by atoms with van der Waals surface area (Å²) in [6.07, 6.45) is 2.98. The third-order valence-electron chi connectivity index (χ3n) is 1.64. The van der Waals surface area contributed by atoms with E-state index in [1.165, 1.54) is 12.3 Å². The van der Waals surface area contributed by atoms with Crippen molar-refractivity contribution in [3.63, 3.8) is 0 Å². The molecule has 0 saturated carbocycles. The minimum atomic E-state index is -1.06. The van der Waals surface area contributed by atoms with Gasteiger partial charge in [0, 0.05) is 6.07 Å². The Hall–Kier alpha value is -1.58. The topological polar surface area (TPSA) is 64.2 Å². The lowest BCUT2D eigenvalue weighted by Crippen LogP contribution is -2.27. The number of hydrogen-bond donors (Lipinski definition) is 1. The second-order valence-corrected chi connectivity index (χ2v) is 2.40. The summed E-state index contributed by atoms with van der Waals surface area (Å²) < 4.78 is 0.489. The van der Waals surface area contributed by atoms with E-state index in [-0.39, 0.29) is 5.56 Å². The summed E-state index contributed by atoms with van der Waals surface area (Å²) in [7, 11) is 0. The van der Waals surface area contributed by atoms with Gasteiger partial charge in [0.1, 0.15) is 5.56 Å². The van der Waals surface area contributed by atoms with Crippen molar-refractivity contribution in [2.75, 3.05) is 0 Å². The third kappa shape index (κ3) is 1.53. The summed E-state index contributed by atoms with van der Waals surface area (Å²) in [6.45, 7) is 1.84. The summed E-state index contributed by atoms with van der Waals surface area (Å²) in [4.78, 5) is 10.6. The van der Waals surface area contributed by atoms with Crippen LogP contribution in [0.3, 0.4) is 0 Å². The molecule has 4 nitrogen and oxygen atoms in total. The van der Waals surface area contributed by atoms with Gasteiger partial charge in [0.15, 0.2) is 12.4 Å². The Labute approximate surface area is 69.7 Å². The van der Waals surface area contributed by atoms with Gasteiger partial charge in [-0.05, 0) is 12.0 Å². The molecule has 0 unspecified atom stereocenters. The van der Waals surface area contributed by atoms with Gasteiger partial charge in [-0.1, -0.05) is 6.92 Å². The van der Waals surface area contributed by atoms with Crippen LogP contribution in [0.5, 0.6) is 0 Å². The fourth-order valence-electron chi connectivity index (χ4n) is 1.01. The number of carboxylic acids is 1. The van der Waals surface area contributed by atoms with E-state index in [2.05, 4.69) is 0 Å². The van der Waals surface area contributed by atoms with Crippen molar-refractivity contribution in [3.8, 4) is 0 Å². The molecule has 12 heavy (non-hydrogen) atoms. The molecular formula is C8H9NO3. The number of aryl methyl sites for hydroxylation is 1. The summed E-state index contributed by atoms with van der Waals surface area (Å²) in [5.41, 5.74) is 0.754. The maximum absolute atomic E-state index is 10.7. The molecule has 0 fully saturated rings. The van der Waals surface area contributed by atoms with Crippen molar-refractivity contribution in [1.29, 1.82) is 0 Å². The average molecular weight is 167 g/mol. The molecule has 0 aliphatic rings. The summed E-state index contributed by atoms with van der Waals surface area (Å²) in [6, 6.07) is 1.52. The predicted octanol–water partition coefficient (Wildman–Crippen LogP) is 0.581. The van der Waals surface area contributed by atoms with Gasteiger partial charge in [-0.3, -0.25) is 0 Å². The molecule has 1 aromatic heterocycles. The van der Waals surface area contributed by atoms with Gasteiger partial charge in [-0.25, -0.2) is 4.79 Å². The van der Waals surface area contributed by atoms with Crippen molar-refractivity contribution in [2.24, 2.45) is 0 Å². The quantitative estimate of drug-likeness (QED) is 0.517. The average Bonchev–Trinajstić information content (AvgIpc) is 2.04. The molecule has 0 amide bonds. The molecule has 0 aliphatic heterocycles. The Bertz CT molecular complexity index is 309. The second-order valence-electron chi connectivity index (χ2n) is 2.40. The number of aromatic nitrogens is 1. The first-order chi connectivity index (χ1) is 5.65. The Morgan fingerprint density at radius 3 is 2.92 bits per heavy atom. The zero-order chi connectivity index (χ0) is 9.14. The smallest absolute Gasteiger partial charge is 0.342 e. The zero-order valence-corrected chi connectivity index (χ0v) is 6.65. The fourth-order valence-corrected chi connectivity index (χ4v) is 1.01. The highest BCUT2D eigenvalue weighted by molar-refractivity contribution is 5.88. The van der Waals surface area contributed by atoms with Gasteiger partial charge in [0.2, 0.25) is 0 Å². The number of nitrogens with zero attached hydrogens (tertiary/aromatic N) is 1. The van der Waals surface area contributed by atoms with E-state index in [0.717, 1.165) is 6.20 Å². The number of rotatable bonds is 2. The predicted molar refractivity (Wildman–Crippen MR) is 41.7 cm³/mol. The third-order valence-corrected chi connectivity index (χ3v) is 1.64. The lowest BCUT2D eigenvalue weighted by molar-refractivity contribution is -0.605. The van der Waals surface area contributed by atoms with Crippen LogP contribution >= 0.6 is 0 Å². The molecular weight excluding hydrogens is 158 g/mol. The van der Waals surface area contributed by atoms with Crippen LogP contribution in [0.1, 0.15) is 22.8 Å². The molecule has 1 rings (SSSR count). The monoisotopic (exact) mass is 167 g/mol. The van der Waals surface area contributed by atoms with Crippen LogP contribution in [0.4, 0.5) is 0 Å². The van der Waals surface area contributed by atoms with Crippen LogP contribution in [0.25, 0.3) is 0 Å². The Morgan fingerprint density at radius 1 is 1.75 bits per heavy atom. The van der Waals surface area contributed by atoms with E-state index in [1.54, 1.807) is 0 Å². The van der Waals surface area contributed by atoms with E-state index in [9.17, 15) is 10.0 Å². The van der Waals surface area contributed by atoms with Crippen molar-refractivity contribution in [2.45, 2.75) is 13.3 Å². The van der Waals surface area contributed by atoms with Crippen molar-refractivity contribution in [1.82, 2.24) is 0 Å². The maximum atomic E-state index is 10.7. The molecule has 0 spiro atoms. The molecule has 0 saturated heterocycles. The molecule has 0 radical (unpaired) electrons. The highest BCUT2D eigenvalue weighted by atomic mass is 16.5. The standard InChI is InChI=1S/C8H9NO3/c1-2-6-3-4-9(12)5-7(6)8(10)11/h3-5H,2H2,1H3,(H,10,11). The lowest BCUT2D eigenvalue weighted by Gasteiger charge is -2.01. The first kappa shape index (κ1) is 8.52. The highest BCUT2D eigenvalue weighted by Gasteiger charge is 2.11. The van der Waals surface area contributed by atoms with Crippen LogP contribution in [-0.4, -0.2) is 11.1 Å². The lowest BCUT2D eigenvalue weighted by atomic mass is 10.1. The molecule has 0 aliphatic carbocycles. The summed E-state index contributed by atoms with van der Waals surface area (Å²) in [5, 5.41) is 19.4. The number of pyridine rings is 1. The van der Waals surface area contributed by atoms with Crippen LogP contribution < -0.4 is 4.73 Å². The van der Waals surface area contributed by atoms with E-state index < -0.39 is 5.97 Å². The normalized spacial score (nSPS) is 9.75. The highest BCUT2D eigenvalue weighted by Crippen LogP contribution is 2.05. The number of carboxylic acid groups (broad SMARTS) is 1. The van der Waals surface area contributed by atoms with Crippen molar-refractivity contribution < 1.29 is 14.6 Å². The molecule has 0 aromatic carbocycles. The number of hydrogen-bond acceptors (Lipinski definition) is 2. The summed E-state index contributed by atoms with van der Waals surface area (Å²) in [5.74, 6) is -1.06. The minimum absolute atomic E-state index is 0.0787. The van der Waals surface area contributed by atoms with E-state index in [0.29, 0.717) is 16.7 Å². The Balaban J connectivity index is 3.21. The van der Waals surface area contributed by atoms with Crippen molar-refractivity contribution >= 4 is 5.97 Å². The largest absolute Gasteiger partial charge is 0.619 e. The van der Waals surface area contributed by atoms with Gasteiger partial charge in [-0.15, -0.1) is 0 Å². The zero-order valence-electron chi connectivity index (χ0n) is 6.65. The van der Waals surface area contributed by atoms with E-state index in [4.69, 9.17) is 5.11 Å². The number of carbonyl (C=O) groups is 1. The van der Waals surface area contributed by atoms with Crippen molar-refractivity contribution in [3.05, 3.63) is 34.8 Å². The van der Waals surface area contributed by atoms with Gasteiger partial charge in [-0.2, -0.15) is 4.73 Å².